The summed E-state index contributed by atoms with van der Waals surface area (Å²) in [6, 6.07) is -0.0957. The van der Waals surface area contributed by atoms with E-state index in [2.05, 4.69) is 95.4 Å². The highest BCUT2D eigenvalue weighted by Gasteiger charge is 2.35. The van der Waals surface area contributed by atoms with Gasteiger partial charge in [0.1, 0.15) is 13.2 Å². The minimum atomic E-state index is -4.38. The highest BCUT2D eigenvalue weighted by atomic mass is 32.2. The van der Waals surface area contributed by atoms with Gasteiger partial charge in [-0.3, -0.25) is 33.1 Å². The summed E-state index contributed by atoms with van der Waals surface area (Å²) in [5, 5.41) is 22.0. The molecule has 0 fully saturated rings. The highest BCUT2D eigenvalue weighted by Crippen LogP contribution is 2.29. The number of esters is 2. The van der Waals surface area contributed by atoms with Crippen LogP contribution in [0.25, 0.3) is 6.20 Å². The number of carbonyl (C=O) groups is 6. The number of hydrogen-bond acceptors (Lipinski definition) is 18. The molecule has 0 aromatic carbocycles. The zero-order valence-corrected chi connectivity index (χ0v) is 47.4. The number of aromatic nitrogens is 4. The fraction of sp³-hybridized carbons (Fsp3) is 0.623. The van der Waals surface area contributed by atoms with E-state index in [4.69, 9.17) is 25.2 Å². The maximum Gasteiger partial charge on any atom is 0.330 e. The maximum absolute atomic E-state index is 13.2. The second-order valence-corrected chi connectivity index (χ2v) is 21.2. The van der Waals surface area contributed by atoms with E-state index >= 15 is 0 Å². The Morgan fingerprint density at radius 2 is 1.14 bits per heavy atom. The van der Waals surface area contributed by atoms with Crippen molar-refractivity contribution in [3.8, 4) is 0 Å². The highest BCUT2D eigenvalue weighted by molar-refractivity contribution is 7.86. The lowest BCUT2D eigenvalue weighted by atomic mass is 9.83. The first kappa shape index (κ1) is 94.2. The molecule has 0 aliphatic carbocycles. The molecule has 0 aliphatic rings. The number of imidazole rings is 2. The van der Waals surface area contributed by atoms with Crippen LogP contribution in [0.3, 0.4) is 0 Å². The smallest absolute Gasteiger partial charge is 0.330 e. The molecule has 4 amide bonds. The fourth-order valence-electron chi connectivity index (χ4n) is 5.89. The summed E-state index contributed by atoms with van der Waals surface area (Å²) in [5.74, 6) is -6.85. The van der Waals surface area contributed by atoms with Gasteiger partial charge in [0.25, 0.3) is 20.2 Å². The van der Waals surface area contributed by atoms with Crippen LogP contribution in [0.5, 0.6) is 0 Å². The van der Waals surface area contributed by atoms with E-state index in [0.717, 1.165) is 31.3 Å². The van der Waals surface area contributed by atoms with E-state index in [1.165, 1.54) is 27.7 Å². The predicted molar refractivity (Wildman–Crippen MR) is 323 cm³/mol. The zero-order valence-electron chi connectivity index (χ0n) is 45.7. The van der Waals surface area contributed by atoms with Crippen LogP contribution in [0.15, 0.2) is 82.0 Å². The average Bonchev–Trinajstić information content (AvgIpc) is 4.05. The summed E-state index contributed by atoms with van der Waals surface area (Å²) in [6.07, 6.45) is 16.1. The van der Waals surface area contributed by atoms with Gasteiger partial charge >= 0.3 is 11.9 Å². The summed E-state index contributed by atoms with van der Waals surface area (Å²) < 4.78 is 74.4. The average molecular weight is 1200 g/mol. The van der Waals surface area contributed by atoms with Gasteiger partial charge in [0.05, 0.1) is 54.4 Å². The third-order valence-electron chi connectivity index (χ3n) is 9.32. The molecule has 2 rings (SSSR count). The van der Waals surface area contributed by atoms with Gasteiger partial charge in [0.15, 0.2) is 0 Å². The van der Waals surface area contributed by atoms with Gasteiger partial charge in [-0.1, -0.05) is 77.3 Å². The molecule has 28 heteroatoms. The molecule has 0 spiro atoms. The van der Waals surface area contributed by atoms with Gasteiger partial charge < -0.3 is 60.7 Å². The summed E-state index contributed by atoms with van der Waals surface area (Å²) in [4.78, 5) is 80.4. The first-order valence-corrected chi connectivity index (χ1v) is 26.6. The second kappa shape index (κ2) is 50.8. The quantitative estimate of drug-likeness (QED) is 0.0335. The minimum absolute atomic E-state index is 0. The van der Waals surface area contributed by atoms with E-state index in [1.807, 2.05) is 17.7 Å². The molecule has 0 radical (unpaired) electrons. The Bertz CT molecular complexity index is 2230. The van der Waals surface area contributed by atoms with Crippen LogP contribution in [0.1, 0.15) is 110 Å². The Morgan fingerprint density at radius 3 is 1.46 bits per heavy atom. The second-order valence-electron chi connectivity index (χ2n) is 18.3. The lowest BCUT2D eigenvalue weighted by molar-refractivity contribution is -0.150. The standard InChI is InChI=1S/C22H38N4O8S.C7H13NO4S.C6H16N2.C5H6N2.C5H8O3.C3H5NO.5CH4/c1-5-18(26-7-6-24-14-26)12-16(19(23)28)11-17(10-15(2)21(30)34-9-8-27)20(29)25-22(3,4)13-35(31,32)33;1-4-6(9)8-7(2,3)5-13(10,11)12;1-7(2)5-6-8(3)4;1-2-7-4-3-6-5-7;1-2-5(7)8-4-3-6;1-2-3(4)5;;;;;/h6-7,14-18,27H,5,8-13H2,1-4H3,(H2,23,28)(H,25,29)(H,31,32,33);4H,1,5H2,2-3H3,(H,8,9)(H,10,11,12);5-6H2,1-4H3;2-5H,1H2;2,6H,1,3-4H2;2H,1H2,(H2,4,5);5*1H4. The van der Waals surface area contributed by atoms with E-state index < -0.39 is 96.1 Å². The molecule has 476 valence electrons. The van der Waals surface area contributed by atoms with Crippen LogP contribution < -0.4 is 22.1 Å². The lowest BCUT2D eigenvalue weighted by Crippen LogP contribution is -2.51. The maximum atomic E-state index is 13.2. The Kier molecular flexibility index (Phi) is 59.0. The first-order chi connectivity index (χ1) is 35.0. The van der Waals surface area contributed by atoms with Crippen molar-refractivity contribution in [2.75, 3.05) is 79.2 Å². The molecular weight excluding hydrogens is 1100 g/mol. The SMILES string of the molecule is C.C.C.C.C.C=CC(=O)NC(C)(C)CS(=O)(=O)O.C=CC(=O)OCCO.C=CC(N)=O.C=Cn1ccnc1.CCC(CC(CC(CC(C)C(=O)OCCO)C(=O)NC(C)(C)CS(=O)(=O)O)C(N)=O)n1ccnc1.CN(C)CCN(C)C. The monoisotopic (exact) mass is 1200 g/mol. The van der Waals surface area contributed by atoms with Gasteiger partial charge in [0, 0.05) is 68.0 Å². The van der Waals surface area contributed by atoms with Crippen LogP contribution in [0.4, 0.5) is 0 Å². The van der Waals surface area contributed by atoms with Gasteiger partial charge in [-0.2, -0.15) is 16.8 Å². The number of primary amides is 2. The van der Waals surface area contributed by atoms with Crippen LogP contribution in [0, 0.1) is 17.8 Å². The van der Waals surface area contributed by atoms with Crippen molar-refractivity contribution >= 4 is 62.0 Å². The molecule has 0 saturated heterocycles. The molecule has 2 heterocycles. The summed E-state index contributed by atoms with van der Waals surface area (Å²) in [6.45, 7) is 24.0. The van der Waals surface area contributed by atoms with E-state index in [1.54, 1.807) is 48.9 Å². The molecular formula is C53H106N10O16S2. The van der Waals surface area contributed by atoms with Crippen LogP contribution in [-0.2, 0) is 58.5 Å². The number of likely N-dealkylation sites (N-methyl/N-ethyl adjacent to an activating group) is 2. The summed E-state index contributed by atoms with van der Waals surface area (Å²) in [7, 11) is -0.114. The number of amides is 4. The van der Waals surface area contributed by atoms with Crippen molar-refractivity contribution in [3.63, 3.8) is 0 Å². The first-order valence-electron chi connectivity index (χ1n) is 23.4. The number of ether oxygens (including phenoxy) is 2. The Balaban J connectivity index is -0.000000131. The summed E-state index contributed by atoms with van der Waals surface area (Å²) >= 11 is 0. The Hall–Kier alpha value is -6.14. The number of nitrogens with zero attached hydrogens (tertiary/aromatic N) is 6. The molecule has 4 atom stereocenters. The topological polar surface area (TPSA) is 388 Å². The van der Waals surface area contributed by atoms with Crippen LogP contribution >= 0.6 is 0 Å². The molecule has 0 bridgehead atoms. The normalized spacial score (nSPS) is 11.8. The van der Waals surface area contributed by atoms with Gasteiger partial charge in [0.2, 0.25) is 23.6 Å². The number of aliphatic hydroxyl groups excluding tert-OH is 2. The molecule has 81 heavy (non-hydrogen) atoms. The van der Waals surface area contributed by atoms with Gasteiger partial charge in [-0.15, -0.1) is 0 Å². The van der Waals surface area contributed by atoms with Gasteiger partial charge in [-0.25, -0.2) is 14.8 Å². The molecule has 0 aliphatic heterocycles. The third kappa shape index (κ3) is 58.3. The lowest BCUT2D eigenvalue weighted by Gasteiger charge is -2.30. The number of nitrogens with one attached hydrogen (secondary N) is 2. The number of hydrogen-bond donors (Lipinski definition) is 8. The molecule has 0 saturated carbocycles. The molecule has 10 N–H and O–H groups in total. The molecule has 26 nitrogen and oxygen atoms in total. The van der Waals surface area contributed by atoms with Crippen molar-refractivity contribution in [3.05, 3.63) is 82.0 Å². The van der Waals surface area contributed by atoms with E-state index in [9.17, 15) is 50.2 Å². The Labute approximate surface area is 486 Å². The van der Waals surface area contributed by atoms with Crippen molar-refractivity contribution in [1.29, 1.82) is 0 Å². The zero-order chi connectivity index (χ0) is 59.9. The number of rotatable bonds is 28. The third-order valence-corrected chi connectivity index (χ3v) is 11.5. The van der Waals surface area contributed by atoms with E-state index in [0.29, 0.717) is 12.8 Å². The summed E-state index contributed by atoms with van der Waals surface area (Å²) in [5.41, 5.74) is 7.90. The molecule has 2 aromatic rings. The minimum Gasteiger partial charge on any atom is -0.463 e. The molecule has 4 unspecified atom stereocenters. The van der Waals surface area contributed by atoms with Crippen LogP contribution in [0.2, 0.25) is 0 Å². The van der Waals surface area contributed by atoms with Crippen molar-refractivity contribution in [1.82, 2.24) is 39.5 Å². The predicted octanol–water partition coefficient (Wildman–Crippen LogP) is 4.27. The largest absolute Gasteiger partial charge is 0.463 e. The fourth-order valence-corrected chi connectivity index (χ4v) is 7.86. The van der Waals surface area contributed by atoms with E-state index in [-0.39, 0.29) is 82.4 Å². The van der Waals surface area contributed by atoms with Crippen molar-refractivity contribution in [2.24, 2.45) is 29.2 Å². The van der Waals surface area contributed by atoms with Crippen molar-refractivity contribution in [2.45, 2.75) is 121 Å². The number of nitrogens with two attached hydrogens (primary N) is 2. The van der Waals surface area contributed by atoms with Crippen molar-refractivity contribution < 1.29 is 74.4 Å². The van der Waals surface area contributed by atoms with Crippen LogP contribution in [-0.4, -0.2) is 191 Å². The Morgan fingerprint density at radius 1 is 0.691 bits per heavy atom. The number of aliphatic hydroxyl groups is 2. The number of carbonyl (C=O) groups excluding carboxylic acids is 6. The van der Waals surface area contributed by atoms with Gasteiger partial charge in [-0.05, 0) is 93.7 Å². The molecule has 2 aromatic heterocycles.